The molecule has 0 saturated heterocycles. The van der Waals surface area contributed by atoms with Crippen molar-refractivity contribution in [3.05, 3.63) is 0 Å². The molecule has 62 valence electrons. The van der Waals surface area contributed by atoms with Gasteiger partial charge in [0.25, 0.3) is 0 Å². The molecule has 3 heteroatoms. The van der Waals surface area contributed by atoms with E-state index < -0.39 is 11.8 Å². The van der Waals surface area contributed by atoms with Gasteiger partial charge in [-0.05, 0) is 13.8 Å². The van der Waals surface area contributed by atoms with E-state index in [1.165, 1.54) is 0 Å². The Bertz CT molecular complexity index is 113. The number of quaternary nitrogens is 1. The first kappa shape index (κ1) is 9.88. The molecule has 0 fully saturated rings. The highest BCUT2D eigenvalue weighted by molar-refractivity contribution is 4.69. The molecule has 0 atom stereocenters. The molecular formula is C7H18NO2+. The Morgan fingerprint density at radius 2 is 1.40 bits per heavy atom. The summed E-state index contributed by atoms with van der Waals surface area (Å²) in [5, 5.41) is 17.9. The average molecular weight is 148 g/mol. The molecule has 0 amide bonds. The van der Waals surface area contributed by atoms with Crippen LogP contribution in [0.15, 0.2) is 0 Å². The molecule has 10 heavy (non-hydrogen) atoms. The Morgan fingerprint density at radius 1 is 1.10 bits per heavy atom. The highest BCUT2D eigenvalue weighted by Crippen LogP contribution is 2.19. The molecule has 0 spiro atoms. The first-order chi connectivity index (χ1) is 4.19. The van der Waals surface area contributed by atoms with Crippen LogP contribution in [-0.4, -0.2) is 47.7 Å². The lowest BCUT2D eigenvalue weighted by Gasteiger charge is -2.42. The van der Waals surface area contributed by atoms with Gasteiger partial charge in [0, 0.05) is 0 Å². The fourth-order valence-electron chi connectivity index (χ4n) is 0.346. The van der Waals surface area contributed by atoms with Crippen LogP contribution in [0.1, 0.15) is 13.8 Å². The number of nitrogens with zero attached hydrogens (tertiary/aromatic N) is 1. The number of hydrogen-bond donors (Lipinski definition) is 2. The molecule has 0 heterocycles. The summed E-state index contributed by atoms with van der Waals surface area (Å²) in [5.74, 6) is 0. The maximum atomic E-state index is 8.96. The number of aliphatic hydroxyl groups is 2. The number of aliphatic hydroxyl groups excluding tert-OH is 1. The minimum absolute atomic E-state index is 0.514. The van der Waals surface area contributed by atoms with Crippen molar-refractivity contribution in [3.63, 3.8) is 0 Å². The summed E-state index contributed by atoms with van der Waals surface area (Å²) in [6.45, 7) is 3.63. The van der Waals surface area contributed by atoms with Gasteiger partial charge in [-0.1, -0.05) is 0 Å². The summed E-state index contributed by atoms with van der Waals surface area (Å²) in [5.41, 5.74) is -0.514. The van der Waals surface area contributed by atoms with Crippen molar-refractivity contribution >= 4 is 0 Å². The molecule has 0 saturated carbocycles. The van der Waals surface area contributed by atoms with Gasteiger partial charge in [-0.15, -0.1) is 0 Å². The molecule has 0 aromatic rings. The molecule has 0 aliphatic heterocycles. The van der Waals surface area contributed by atoms with Gasteiger partial charge in [0.15, 0.2) is 0 Å². The third-order valence-corrected chi connectivity index (χ3v) is 2.36. The maximum absolute atomic E-state index is 8.96. The normalized spacial score (nSPS) is 14.4. The topological polar surface area (TPSA) is 40.5 Å². The van der Waals surface area contributed by atoms with Crippen LogP contribution in [0.2, 0.25) is 0 Å². The minimum atomic E-state index is -1.27. The Hall–Kier alpha value is -0.120. The molecule has 0 radical (unpaired) electrons. The SMILES string of the molecule is CC(C)(C(O)O)[N+](C)(C)C. The second-order valence-corrected chi connectivity index (χ2v) is 4.04. The Labute approximate surface area is 62.5 Å². The van der Waals surface area contributed by atoms with Crippen molar-refractivity contribution in [2.45, 2.75) is 25.7 Å². The van der Waals surface area contributed by atoms with E-state index in [1.807, 2.05) is 35.0 Å². The predicted molar refractivity (Wildman–Crippen MR) is 40.3 cm³/mol. The third-order valence-electron chi connectivity index (χ3n) is 2.36. The van der Waals surface area contributed by atoms with Gasteiger partial charge in [0.05, 0.1) is 21.1 Å². The van der Waals surface area contributed by atoms with Crippen molar-refractivity contribution in [1.29, 1.82) is 0 Å². The Balaban J connectivity index is 4.40. The monoisotopic (exact) mass is 148 g/mol. The first-order valence-corrected chi connectivity index (χ1v) is 3.37. The summed E-state index contributed by atoms with van der Waals surface area (Å²) in [4.78, 5) is 0. The molecule has 2 N–H and O–H groups in total. The molecule has 0 aromatic heterocycles. The number of rotatable bonds is 2. The predicted octanol–water partition coefficient (Wildman–Crippen LogP) is -0.218. The quantitative estimate of drug-likeness (QED) is 0.420. The third kappa shape index (κ3) is 1.68. The average Bonchev–Trinajstić information content (AvgIpc) is 1.62. The van der Waals surface area contributed by atoms with Crippen LogP contribution in [-0.2, 0) is 0 Å². The largest absolute Gasteiger partial charge is 0.363 e. The van der Waals surface area contributed by atoms with E-state index in [4.69, 9.17) is 10.2 Å². The van der Waals surface area contributed by atoms with Crippen molar-refractivity contribution in [3.8, 4) is 0 Å². The van der Waals surface area contributed by atoms with Crippen LogP contribution in [0.4, 0.5) is 0 Å². The molecule has 0 aliphatic carbocycles. The molecule has 0 unspecified atom stereocenters. The lowest BCUT2D eigenvalue weighted by Crippen LogP contribution is -2.59. The summed E-state index contributed by atoms with van der Waals surface area (Å²) >= 11 is 0. The Morgan fingerprint density at radius 3 is 1.40 bits per heavy atom. The smallest absolute Gasteiger partial charge is 0.207 e. The van der Waals surface area contributed by atoms with E-state index in [-0.39, 0.29) is 0 Å². The summed E-state index contributed by atoms with van der Waals surface area (Å²) in [7, 11) is 5.79. The highest BCUT2D eigenvalue weighted by Gasteiger charge is 2.39. The standard InChI is InChI=1S/C7H18NO2/c1-7(2,6(9)10)8(3,4)5/h6,9-10H,1-5H3/q+1. The molecule has 3 nitrogen and oxygen atoms in total. The van der Waals surface area contributed by atoms with E-state index in [0.29, 0.717) is 4.48 Å². The summed E-state index contributed by atoms with van der Waals surface area (Å²) in [6.07, 6.45) is -1.27. The van der Waals surface area contributed by atoms with Gasteiger partial charge in [-0.3, -0.25) is 0 Å². The molecule has 0 aromatic carbocycles. The first-order valence-electron chi connectivity index (χ1n) is 3.37. The zero-order valence-corrected chi connectivity index (χ0v) is 7.42. The second-order valence-electron chi connectivity index (χ2n) is 4.04. The maximum Gasteiger partial charge on any atom is 0.207 e. The van der Waals surface area contributed by atoms with E-state index in [9.17, 15) is 0 Å². The zero-order chi connectivity index (χ0) is 8.58. The van der Waals surface area contributed by atoms with Crippen molar-refractivity contribution < 1.29 is 14.7 Å². The van der Waals surface area contributed by atoms with E-state index in [0.717, 1.165) is 0 Å². The Kier molecular flexibility index (Phi) is 2.46. The van der Waals surface area contributed by atoms with Crippen LogP contribution in [0.5, 0.6) is 0 Å². The molecular weight excluding hydrogens is 130 g/mol. The highest BCUT2D eigenvalue weighted by atomic mass is 16.5. The van der Waals surface area contributed by atoms with Gasteiger partial charge in [-0.25, -0.2) is 0 Å². The van der Waals surface area contributed by atoms with Gasteiger partial charge in [0.1, 0.15) is 5.54 Å². The lowest BCUT2D eigenvalue weighted by atomic mass is 10.0. The van der Waals surface area contributed by atoms with E-state index in [2.05, 4.69) is 0 Å². The van der Waals surface area contributed by atoms with Gasteiger partial charge >= 0.3 is 0 Å². The van der Waals surface area contributed by atoms with Crippen molar-refractivity contribution in [2.75, 3.05) is 21.1 Å². The molecule has 0 aliphatic rings. The summed E-state index contributed by atoms with van der Waals surface area (Å²) in [6, 6.07) is 0. The fourth-order valence-corrected chi connectivity index (χ4v) is 0.346. The molecule has 0 rings (SSSR count). The fraction of sp³-hybridized carbons (Fsp3) is 1.00. The van der Waals surface area contributed by atoms with Crippen LogP contribution >= 0.6 is 0 Å². The zero-order valence-electron chi connectivity index (χ0n) is 7.42. The van der Waals surface area contributed by atoms with E-state index >= 15 is 0 Å². The van der Waals surface area contributed by atoms with Crippen LogP contribution in [0.25, 0.3) is 0 Å². The second kappa shape index (κ2) is 2.49. The van der Waals surface area contributed by atoms with Gasteiger partial charge < -0.3 is 14.7 Å². The number of likely N-dealkylation sites (N-methyl/N-ethyl adjacent to an activating group) is 1. The van der Waals surface area contributed by atoms with Crippen LogP contribution < -0.4 is 0 Å². The van der Waals surface area contributed by atoms with Crippen LogP contribution in [0.3, 0.4) is 0 Å². The molecule has 0 bridgehead atoms. The van der Waals surface area contributed by atoms with Gasteiger partial charge in [-0.2, -0.15) is 0 Å². The van der Waals surface area contributed by atoms with Gasteiger partial charge in [0.2, 0.25) is 6.29 Å². The lowest BCUT2D eigenvalue weighted by molar-refractivity contribution is -0.927. The van der Waals surface area contributed by atoms with Crippen LogP contribution in [0, 0.1) is 0 Å². The van der Waals surface area contributed by atoms with E-state index in [1.54, 1.807) is 0 Å². The number of hydrogen-bond acceptors (Lipinski definition) is 2. The van der Waals surface area contributed by atoms with Crippen molar-refractivity contribution in [2.24, 2.45) is 0 Å². The summed E-state index contributed by atoms with van der Waals surface area (Å²) < 4.78 is 0.532. The van der Waals surface area contributed by atoms with Crippen molar-refractivity contribution in [1.82, 2.24) is 0 Å². The minimum Gasteiger partial charge on any atom is -0.363 e.